The van der Waals surface area contributed by atoms with E-state index in [1.54, 1.807) is 12.1 Å². The lowest BCUT2D eigenvalue weighted by molar-refractivity contribution is 0.187. The molecule has 19 heavy (non-hydrogen) atoms. The van der Waals surface area contributed by atoms with Crippen molar-refractivity contribution in [1.29, 1.82) is 0 Å². The van der Waals surface area contributed by atoms with E-state index < -0.39 is 0 Å². The smallest absolute Gasteiger partial charge is 0.126 e. The van der Waals surface area contributed by atoms with Crippen LogP contribution in [0.5, 0.6) is 0 Å². The molecule has 0 amide bonds. The van der Waals surface area contributed by atoms with Crippen molar-refractivity contribution in [1.82, 2.24) is 10.2 Å². The number of nitrogens with zero attached hydrogens (tertiary/aromatic N) is 1. The van der Waals surface area contributed by atoms with Crippen LogP contribution < -0.4 is 5.32 Å². The molecule has 2 atom stereocenters. The molecule has 0 spiro atoms. The second-order valence-corrected chi connectivity index (χ2v) is 5.97. The summed E-state index contributed by atoms with van der Waals surface area (Å²) in [7, 11) is 0. The molecule has 0 aliphatic carbocycles. The maximum absolute atomic E-state index is 13.6. The minimum Gasteiger partial charge on any atom is -0.316 e. The van der Waals surface area contributed by atoms with Crippen LogP contribution in [0.25, 0.3) is 0 Å². The third kappa shape index (κ3) is 4.59. The van der Waals surface area contributed by atoms with Crippen molar-refractivity contribution < 1.29 is 4.39 Å². The lowest BCUT2D eigenvalue weighted by atomic mass is 10.0. The van der Waals surface area contributed by atoms with E-state index in [9.17, 15) is 4.39 Å². The lowest BCUT2D eigenvalue weighted by Gasteiger charge is -2.31. The fourth-order valence-electron chi connectivity index (χ4n) is 2.82. The predicted octanol–water partition coefficient (Wildman–Crippen LogP) is 2.55. The van der Waals surface area contributed by atoms with Gasteiger partial charge in [-0.2, -0.15) is 0 Å². The van der Waals surface area contributed by atoms with E-state index in [0.717, 1.165) is 44.7 Å². The molecule has 1 N–H and O–H groups in total. The van der Waals surface area contributed by atoms with Gasteiger partial charge in [0.15, 0.2) is 0 Å². The molecule has 1 saturated heterocycles. The Morgan fingerprint density at radius 2 is 1.79 bits per heavy atom. The molecule has 1 aliphatic heterocycles. The fraction of sp³-hybridized carbons (Fsp3) is 0.625. The van der Waals surface area contributed by atoms with Gasteiger partial charge in [0.1, 0.15) is 5.82 Å². The molecule has 0 saturated carbocycles. The van der Waals surface area contributed by atoms with Gasteiger partial charge >= 0.3 is 0 Å². The van der Waals surface area contributed by atoms with Crippen LogP contribution >= 0.6 is 0 Å². The van der Waals surface area contributed by atoms with E-state index in [0.29, 0.717) is 11.8 Å². The zero-order chi connectivity index (χ0) is 13.7. The summed E-state index contributed by atoms with van der Waals surface area (Å²) in [5, 5.41) is 3.50. The van der Waals surface area contributed by atoms with Gasteiger partial charge in [0.25, 0.3) is 0 Å². The summed E-state index contributed by atoms with van der Waals surface area (Å²) in [5.41, 5.74) is 0.836. The maximum Gasteiger partial charge on any atom is 0.126 e. The Bertz CT molecular complexity index is 382. The summed E-state index contributed by atoms with van der Waals surface area (Å²) < 4.78 is 13.6. The third-order valence-corrected chi connectivity index (χ3v) is 3.78. The first-order chi connectivity index (χ1) is 9.15. The van der Waals surface area contributed by atoms with E-state index in [2.05, 4.69) is 24.1 Å². The van der Waals surface area contributed by atoms with Crippen molar-refractivity contribution in [3.05, 3.63) is 35.6 Å². The summed E-state index contributed by atoms with van der Waals surface area (Å²) in [4.78, 5) is 2.49. The van der Waals surface area contributed by atoms with Crippen molar-refractivity contribution >= 4 is 0 Å². The first kappa shape index (κ1) is 14.5. The minimum absolute atomic E-state index is 0.0719. The Morgan fingerprint density at radius 3 is 2.42 bits per heavy atom. The van der Waals surface area contributed by atoms with Gasteiger partial charge in [-0.1, -0.05) is 32.0 Å². The monoisotopic (exact) mass is 264 g/mol. The molecule has 106 valence electrons. The van der Waals surface area contributed by atoms with Crippen molar-refractivity contribution in [3.8, 4) is 0 Å². The van der Waals surface area contributed by atoms with Gasteiger partial charge in [0, 0.05) is 19.6 Å². The molecule has 2 nitrogen and oxygen atoms in total. The number of nitrogens with one attached hydrogen (secondary N) is 1. The summed E-state index contributed by atoms with van der Waals surface area (Å²) in [6.07, 6.45) is 0.805. The Balaban J connectivity index is 1.91. The Kier molecular flexibility index (Phi) is 5.34. The highest BCUT2D eigenvalue weighted by Gasteiger charge is 2.17. The van der Waals surface area contributed by atoms with Crippen LogP contribution in [-0.4, -0.2) is 37.6 Å². The van der Waals surface area contributed by atoms with Gasteiger partial charge in [-0.25, -0.2) is 4.39 Å². The van der Waals surface area contributed by atoms with Crippen LogP contribution in [0.2, 0.25) is 0 Å². The largest absolute Gasteiger partial charge is 0.316 e. The van der Waals surface area contributed by atoms with E-state index >= 15 is 0 Å². The van der Waals surface area contributed by atoms with Crippen molar-refractivity contribution in [2.24, 2.45) is 11.8 Å². The van der Waals surface area contributed by atoms with Crippen molar-refractivity contribution in [2.45, 2.75) is 20.3 Å². The molecular weight excluding hydrogens is 239 g/mol. The van der Waals surface area contributed by atoms with Gasteiger partial charge in [-0.3, -0.25) is 0 Å². The molecule has 1 heterocycles. The van der Waals surface area contributed by atoms with E-state index in [1.807, 2.05) is 12.1 Å². The average Bonchev–Trinajstić information content (AvgIpc) is 2.35. The summed E-state index contributed by atoms with van der Waals surface area (Å²) in [5.74, 6) is 1.25. The van der Waals surface area contributed by atoms with Crippen LogP contribution in [0.1, 0.15) is 19.4 Å². The highest BCUT2D eigenvalue weighted by Crippen LogP contribution is 2.11. The fourth-order valence-corrected chi connectivity index (χ4v) is 2.82. The van der Waals surface area contributed by atoms with E-state index in [-0.39, 0.29) is 5.82 Å². The molecule has 0 bridgehead atoms. The third-order valence-electron chi connectivity index (χ3n) is 3.78. The highest BCUT2D eigenvalue weighted by atomic mass is 19.1. The van der Waals surface area contributed by atoms with Gasteiger partial charge in [0.05, 0.1) is 0 Å². The summed E-state index contributed by atoms with van der Waals surface area (Å²) in [6.45, 7) is 9.88. The van der Waals surface area contributed by atoms with Gasteiger partial charge in [0.2, 0.25) is 0 Å². The minimum atomic E-state index is -0.0719. The highest BCUT2D eigenvalue weighted by molar-refractivity contribution is 5.17. The quantitative estimate of drug-likeness (QED) is 0.902. The Labute approximate surface area is 116 Å². The normalized spacial score (nSPS) is 25.8. The zero-order valence-corrected chi connectivity index (χ0v) is 12.0. The lowest BCUT2D eigenvalue weighted by Crippen LogP contribution is -2.43. The van der Waals surface area contributed by atoms with Gasteiger partial charge in [-0.05, 0) is 43.0 Å². The van der Waals surface area contributed by atoms with E-state index in [1.165, 1.54) is 0 Å². The Hall–Kier alpha value is -0.930. The SMILES string of the molecule is CC1CNCC(C)CN(CCc2ccccc2F)C1. The topological polar surface area (TPSA) is 15.3 Å². The molecule has 3 heteroatoms. The molecule has 1 fully saturated rings. The second kappa shape index (κ2) is 7.01. The van der Waals surface area contributed by atoms with Gasteiger partial charge in [-0.15, -0.1) is 0 Å². The van der Waals surface area contributed by atoms with Crippen molar-refractivity contribution in [3.63, 3.8) is 0 Å². The summed E-state index contributed by atoms with van der Waals surface area (Å²) >= 11 is 0. The number of halogens is 1. The zero-order valence-electron chi connectivity index (χ0n) is 12.0. The molecule has 1 aromatic carbocycles. The van der Waals surface area contributed by atoms with Crippen LogP contribution in [0, 0.1) is 17.7 Å². The first-order valence-electron chi connectivity index (χ1n) is 7.31. The van der Waals surface area contributed by atoms with Crippen LogP contribution in [0.4, 0.5) is 4.39 Å². The molecule has 2 rings (SSSR count). The standard InChI is InChI=1S/C16H25FN2/c1-13-9-18-10-14(2)12-19(11-13)8-7-15-5-3-4-6-16(15)17/h3-6,13-14,18H,7-12H2,1-2H3. The van der Waals surface area contributed by atoms with Gasteiger partial charge < -0.3 is 10.2 Å². The summed E-state index contributed by atoms with van der Waals surface area (Å²) in [6, 6.07) is 7.12. The van der Waals surface area contributed by atoms with Crippen LogP contribution in [-0.2, 0) is 6.42 Å². The molecule has 1 aromatic rings. The van der Waals surface area contributed by atoms with E-state index in [4.69, 9.17) is 0 Å². The first-order valence-corrected chi connectivity index (χ1v) is 7.31. The number of hydrogen-bond acceptors (Lipinski definition) is 2. The van der Waals surface area contributed by atoms with Crippen LogP contribution in [0.15, 0.2) is 24.3 Å². The maximum atomic E-state index is 13.6. The predicted molar refractivity (Wildman–Crippen MR) is 77.7 cm³/mol. The number of rotatable bonds is 3. The Morgan fingerprint density at radius 1 is 1.16 bits per heavy atom. The average molecular weight is 264 g/mol. The molecule has 0 aromatic heterocycles. The molecule has 0 radical (unpaired) electrons. The molecule has 2 unspecified atom stereocenters. The number of benzene rings is 1. The second-order valence-electron chi connectivity index (χ2n) is 5.97. The number of hydrogen-bond donors (Lipinski definition) is 1. The molecular formula is C16H25FN2. The van der Waals surface area contributed by atoms with Crippen molar-refractivity contribution in [2.75, 3.05) is 32.7 Å². The molecule has 1 aliphatic rings. The van der Waals surface area contributed by atoms with Crippen LogP contribution in [0.3, 0.4) is 0 Å².